The van der Waals surface area contributed by atoms with Crippen molar-refractivity contribution in [3.8, 4) is 0 Å². The molecular formula is C12H18IN3. The van der Waals surface area contributed by atoms with Crippen LogP contribution >= 0.6 is 20.1 Å². The van der Waals surface area contributed by atoms with Crippen molar-refractivity contribution in [2.45, 2.75) is 13.3 Å². The Balaban J connectivity index is 2.10. The van der Waals surface area contributed by atoms with Crippen molar-refractivity contribution in [3.63, 3.8) is 0 Å². The van der Waals surface area contributed by atoms with Gasteiger partial charge >= 0.3 is 105 Å². The zero-order chi connectivity index (χ0) is 11.5. The first-order chi connectivity index (χ1) is 7.66. The van der Waals surface area contributed by atoms with Gasteiger partial charge in [-0.2, -0.15) is 0 Å². The molecule has 0 radical (unpaired) electrons. The number of nitrogens with zero attached hydrogens (tertiary/aromatic N) is 3. The Morgan fingerprint density at radius 2 is 1.94 bits per heavy atom. The Morgan fingerprint density at radius 1 is 1.25 bits per heavy atom. The zero-order valence-corrected chi connectivity index (χ0v) is 12.2. The van der Waals surface area contributed by atoms with Gasteiger partial charge in [-0.3, -0.25) is 0 Å². The number of rotatable bonds is 2. The molecule has 1 aromatic heterocycles. The molecule has 2 heterocycles. The van der Waals surface area contributed by atoms with Gasteiger partial charge < -0.3 is 0 Å². The van der Waals surface area contributed by atoms with Gasteiger partial charge in [0.05, 0.1) is 0 Å². The average molecular weight is 331 g/mol. The van der Waals surface area contributed by atoms with Crippen LogP contribution in [0.2, 0.25) is 0 Å². The van der Waals surface area contributed by atoms with Crippen LogP contribution in [-0.4, -0.2) is 36.0 Å². The summed E-state index contributed by atoms with van der Waals surface area (Å²) < 4.78 is 2.61. The zero-order valence-electron chi connectivity index (χ0n) is 10.1. The van der Waals surface area contributed by atoms with Gasteiger partial charge in [-0.15, -0.1) is 0 Å². The topological polar surface area (TPSA) is 29.0 Å². The van der Waals surface area contributed by atoms with E-state index in [9.17, 15) is 0 Å². The van der Waals surface area contributed by atoms with Crippen LogP contribution in [0.5, 0.6) is 0 Å². The van der Waals surface area contributed by atoms with Crippen LogP contribution in [0.3, 0.4) is 0 Å². The quantitative estimate of drug-likeness (QED) is 0.474. The van der Waals surface area contributed by atoms with Gasteiger partial charge in [0.1, 0.15) is 0 Å². The van der Waals surface area contributed by atoms with Gasteiger partial charge in [-0.1, -0.05) is 0 Å². The summed E-state index contributed by atoms with van der Waals surface area (Å²) in [6.07, 6.45) is 7.19. The number of aryl methyl sites for hydroxylation is 1. The molecule has 1 aliphatic rings. The van der Waals surface area contributed by atoms with Gasteiger partial charge in [0.25, 0.3) is 0 Å². The van der Waals surface area contributed by atoms with Gasteiger partial charge in [0, 0.05) is 0 Å². The molecule has 0 saturated carbocycles. The summed E-state index contributed by atoms with van der Waals surface area (Å²) in [5.74, 6) is 0.915. The monoisotopic (exact) mass is 331 g/mol. The van der Waals surface area contributed by atoms with Crippen molar-refractivity contribution in [1.82, 2.24) is 13.1 Å². The van der Waals surface area contributed by atoms with E-state index < -0.39 is 20.1 Å². The van der Waals surface area contributed by atoms with Crippen molar-refractivity contribution in [1.29, 1.82) is 0 Å². The number of alkyl halides is 2. The second-order valence-corrected chi connectivity index (χ2v) is 9.60. The first kappa shape index (κ1) is 12.0. The molecule has 4 heteroatoms. The molecule has 0 N–H and O–H groups in total. The van der Waals surface area contributed by atoms with Crippen LogP contribution in [-0.2, 0) is 0 Å². The Labute approximate surface area is 105 Å². The number of halogens is 1. The third kappa shape index (κ3) is 2.79. The van der Waals surface area contributed by atoms with E-state index in [0.717, 1.165) is 24.4 Å². The predicted molar refractivity (Wildman–Crippen MR) is 76.8 cm³/mol. The van der Waals surface area contributed by atoms with Crippen LogP contribution in [0, 0.1) is 6.92 Å². The van der Waals surface area contributed by atoms with Gasteiger partial charge in [0.2, 0.25) is 0 Å². The molecule has 0 aromatic carbocycles. The molecule has 0 unspecified atom stereocenters. The molecular weight excluding hydrogens is 313 g/mol. The molecule has 0 saturated heterocycles. The van der Waals surface area contributed by atoms with E-state index in [4.69, 9.17) is 0 Å². The summed E-state index contributed by atoms with van der Waals surface area (Å²) >= 11 is -0.794. The van der Waals surface area contributed by atoms with E-state index in [1.54, 1.807) is 0 Å². The first-order valence-electron chi connectivity index (χ1n) is 5.40. The van der Waals surface area contributed by atoms with Gasteiger partial charge in [-0.25, -0.2) is 0 Å². The Hall–Kier alpha value is -0.490. The molecule has 1 aromatic rings. The van der Waals surface area contributed by atoms with Crippen molar-refractivity contribution >= 4 is 25.7 Å². The van der Waals surface area contributed by atoms with E-state index >= 15 is 0 Å². The second-order valence-electron chi connectivity index (χ2n) is 4.15. The van der Waals surface area contributed by atoms with Crippen LogP contribution in [0.25, 0.3) is 5.57 Å². The van der Waals surface area contributed by atoms with Gasteiger partial charge in [-0.05, 0) is 0 Å². The van der Waals surface area contributed by atoms with Crippen molar-refractivity contribution in [2.24, 2.45) is 0 Å². The SMILES string of the molecule is Cc1cnc(C2=CCN(I(C)C)CC2)nc1. The molecule has 0 amide bonds. The Morgan fingerprint density at radius 3 is 2.44 bits per heavy atom. The van der Waals surface area contributed by atoms with Crippen LogP contribution in [0.1, 0.15) is 17.8 Å². The molecule has 0 fully saturated rings. The fourth-order valence-corrected chi connectivity index (χ4v) is 3.90. The minimum absolute atomic E-state index is 0.794. The predicted octanol–water partition coefficient (Wildman–Crippen LogP) is 2.56. The van der Waals surface area contributed by atoms with Crippen molar-refractivity contribution < 1.29 is 0 Å². The molecule has 0 spiro atoms. The van der Waals surface area contributed by atoms with E-state index in [1.165, 1.54) is 12.1 Å². The molecule has 3 nitrogen and oxygen atoms in total. The average Bonchev–Trinajstić information content (AvgIpc) is 2.30. The minimum atomic E-state index is -0.794. The summed E-state index contributed by atoms with van der Waals surface area (Å²) in [7, 11) is 0. The van der Waals surface area contributed by atoms with E-state index in [-0.39, 0.29) is 0 Å². The molecule has 0 bridgehead atoms. The summed E-state index contributed by atoms with van der Waals surface area (Å²) in [6, 6.07) is 0. The van der Waals surface area contributed by atoms with Gasteiger partial charge in [0.15, 0.2) is 0 Å². The van der Waals surface area contributed by atoms with Crippen molar-refractivity contribution in [2.75, 3.05) is 23.0 Å². The Kier molecular flexibility index (Phi) is 3.91. The number of hydrogen-bond acceptors (Lipinski definition) is 3. The summed E-state index contributed by atoms with van der Waals surface area (Å²) in [4.78, 5) is 13.6. The van der Waals surface area contributed by atoms with E-state index in [1.807, 2.05) is 19.3 Å². The fourth-order valence-electron chi connectivity index (χ4n) is 1.71. The Bertz CT molecular complexity index is 384. The normalized spacial score (nSPS) is 18.2. The van der Waals surface area contributed by atoms with Crippen LogP contribution in [0.4, 0.5) is 0 Å². The number of hydrogen-bond donors (Lipinski definition) is 0. The summed E-state index contributed by atoms with van der Waals surface area (Å²) in [5, 5.41) is 0. The molecule has 2 rings (SSSR count). The van der Waals surface area contributed by atoms with Crippen LogP contribution < -0.4 is 0 Å². The van der Waals surface area contributed by atoms with Crippen molar-refractivity contribution in [3.05, 3.63) is 29.9 Å². The number of aromatic nitrogens is 2. The van der Waals surface area contributed by atoms with E-state index in [0.29, 0.717) is 0 Å². The third-order valence-corrected chi connectivity index (χ3v) is 6.31. The molecule has 1 aliphatic heterocycles. The first-order valence-corrected chi connectivity index (χ1v) is 10.7. The molecule has 0 aliphatic carbocycles. The summed E-state index contributed by atoms with van der Waals surface area (Å²) in [6.45, 7) is 4.29. The summed E-state index contributed by atoms with van der Waals surface area (Å²) in [5.41, 5.74) is 2.44. The maximum atomic E-state index is 4.39. The third-order valence-electron chi connectivity index (χ3n) is 2.71. The molecule has 88 valence electrons. The standard InChI is InChI=1S/C12H18IN3/c1-10-8-14-12(15-9-10)11-4-6-16(7-5-11)13(2)3/h4,8-9H,5-7H2,1-3H3. The molecule has 0 atom stereocenters. The second kappa shape index (κ2) is 5.23. The maximum absolute atomic E-state index is 4.39. The van der Waals surface area contributed by atoms with E-state index in [2.05, 4.69) is 29.0 Å². The van der Waals surface area contributed by atoms with Crippen LogP contribution in [0.15, 0.2) is 18.5 Å². The molecule has 16 heavy (non-hydrogen) atoms. The fraction of sp³-hybridized carbons (Fsp3) is 0.500.